The Morgan fingerprint density at radius 2 is 1.76 bits per heavy atom. The van der Waals surface area contributed by atoms with Crippen LogP contribution in [0.25, 0.3) is 0 Å². The van der Waals surface area contributed by atoms with Gasteiger partial charge in [-0.2, -0.15) is 0 Å². The summed E-state index contributed by atoms with van der Waals surface area (Å²) in [4.78, 5) is 40.2. The quantitative estimate of drug-likeness (QED) is 0.592. The number of ether oxygens (including phenoxy) is 1. The molecule has 0 saturated carbocycles. The van der Waals surface area contributed by atoms with E-state index >= 15 is 0 Å². The predicted octanol–water partition coefficient (Wildman–Crippen LogP) is 2.83. The molecule has 0 aliphatic carbocycles. The summed E-state index contributed by atoms with van der Waals surface area (Å²) in [5.74, 6) is -2.34. The number of amides is 3. The fraction of sp³-hybridized carbons (Fsp3) is 0.423. The van der Waals surface area contributed by atoms with E-state index < -0.39 is 41.5 Å². The van der Waals surface area contributed by atoms with E-state index in [1.807, 2.05) is 30.3 Å². The van der Waals surface area contributed by atoms with Crippen molar-refractivity contribution in [3.8, 4) is 5.75 Å². The number of carbonyl (C=O) groups excluding carboxylic acids is 3. The van der Waals surface area contributed by atoms with Crippen LogP contribution in [-0.4, -0.2) is 58.1 Å². The van der Waals surface area contributed by atoms with Gasteiger partial charge in [-0.1, -0.05) is 36.4 Å². The maximum Gasteiger partial charge on any atom is 0.573 e. The van der Waals surface area contributed by atoms with Crippen molar-refractivity contribution in [2.75, 3.05) is 13.1 Å². The molecule has 1 atom stereocenters. The molecule has 0 radical (unpaired) electrons. The summed E-state index contributed by atoms with van der Waals surface area (Å²) >= 11 is 0. The highest BCUT2D eigenvalue weighted by Crippen LogP contribution is 2.45. The summed E-state index contributed by atoms with van der Waals surface area (Å²) in [7, 11) is 0. The topological polar surface area (TPSA) is 99.2 Å². The first kappa shape index (κ1) is 25.2. The zero-order valence-electron chi connectivity index (χ0n) is 19.9. The predicted molar refractivity (Wildman–Crippen MR) is 124 cm³/mol. The van der Waals surface area contributed by atoms with Gasteiger partial charge in [-0.15, -0.1) is 13.2 Å². The van der Waals surface area contributed by atoms with Crippen LogP contribution in [0.5, 0.6) is 5.75 Å². The highest BCUT2D eigenvalue weighted by molar-refractivity contribution is 6.05. The number of piperidine rings is 2. The summed E-state index contributed by atoms with van der Waals surface area (Å²) in [5, 5.41) is 13.7. The lowest BCUT2D eigenvalue weighted by Gasteiger charge is -2.39. The standard InChI is InChI=1S/C26H26F3N3O5/c27-26(28,29)37-22-18-15-32(20-8-9-21(33)30-23(20)34)24(35)17(18)6-7-19(22)25(36)10-12-31(13-11-25)14-16-4-2-1-3-5-16/h1-7,20,36H,8-15H2,(H,30,33,34). The number of fused-ring (bicyclic) bond motifs is 1. The number of rotatable bonds is 5. The zero-order chi connectivity index (χ0) is 26.4. The lowest BCUT2D eigenvalue weighted by molar-refractivity contribution is -0.275. The number of likely N-dealkylation sites (tertiary alicyclic amines) is 1. The van der Waals surface area contributed by atoms with Gasteiger partial charge in [-0.05, 0) is 30.9 Å². The summed E-state index contributed by atoms with van der Waals surface area (Å²) in [6.45, 7) is 1.27. The van der Waals surface area contributed by atoms with Gasteiger partial charge in [-0.25, -0.2) is 0 Å². The van der Waals surface area contributed by atoms with Crippen LogP contribution in [0.1, 0.15) is 52.7 Å². The third kappa shape index (κ3) is 5.05. The Morgan fingerprint density at radius 1 is 1.05 bits per heavy atom. The van der Waals surface area contributed by atoms with Crippen LogP contribution in [0.3, 0.4) is 0 Å². The molecule has 2 fully saturated rings. The van der Waals surface area contributed by atoms with Crippen LogP contribution >= 0.6 is 0 Å². The van der Waals surface area contributed by atoms with Crippen LogP contribution in [0.15, 0.2) is 42.5 Å². The third-order valence-corrected chi connectivity index (χ3v) is 7.32. The monoisotopic (exact) mass is 517 g/mol. The summed E-state index contributed by atoms with van der Waals surface area (Å²) in [6.07, 6.45) is -4.60. The number of imide groups is 1. The molecular weight excluding hydrogens is 491 g/mol. The number of aliphatic hydroxyl groups is 1. The van der Waals surface area contributed by atoms with E-state index in [0.717, 1.165) is 10.5 Å². The van der Waals surface area contributed by atoms with Crippen LogP contribution in [0.4, 0.5) is 13.2 Å². The molecule has 11 heteroatoms. The molecule has 3 aliphatic rings. The van der Waals surface area contributed by atoms with E-state index in [-0.39, 0.29) is 48.9 Å². The van der Waals surface area contributed by atoms with E-state index in [1.54, 1.807) is 0 Å². The Morgan fingerprint density at radius 3 is 2.41 bits per heavy atom. The van der Waals surface area contributed by atoms with Crippen molar-refractivity contribution in [3.05, 3.63) is 64.7 Å². The van der Waals surface area contributed by atoms with Crippen molar-refractivity contribution in [3.63, 3.8) is 0 Å². The van der Waals surface area contributed by atoms with Crippen LogP contribution in [0.2, 0.25) is 0 Å². The molecular formula is C26H26F3N3O5. The molecule has 3 aliphatic heterocycles. The molecule has 5 rings (SSSR count). The smallest absolute Gasteiger partial charge is 0.405 e. The van der Waals surface area contributed by atoms with Gasteiger partial charge >= 0.3 is 6.36 Å². The minimum absolute atomic E-state index is 0.0159. The summed E-state index contributed by atoms with van der Waals surface area (Å²) in [5.41, 5.74) is -0.560. The maximum absolute atomic E-state index is 13.5. The highest BCUT2D eigenvalue weighted by atomic mass is 19.4. The molecule has 1 unspecified atom stereocenters. The highest BCUT2D eigenvalue weighted by Gasteiger charge is 2.46. The first-order valence-electron chi connectivity index (χ1n) is 12.1. The minimum Gasteiger partial charge on any atom is -0.405 e. The van der Waals surface area contributed by atoms with E-state index in [9.17, 15) is 32.7 Å². The Labute approximate surface area is 211 Å². The first-order valence-corrected chi connectivity index (χ1v) is 12.1. The average molecular weight is 518 g/mol. The van der Waals surface area contributed by atoms with Crippen molar-refractivity contribution in [1.82, 2.24) is 15.1 Å². The first-order chi connectivity index (χ1) is 17.5. The maximum atomic E-state index is 13.5. The Hall–Kier alpha value is -3.44. The molecule has 2 aromatic rings. The third-order valence-electron chi connectivity index (χ3n) is 7.32. The van der Waals surface area contributed by atoms with Crippen molar-refractivity contribution >= 4 is 17.7 Å². The second-order valence-electron chi connectivity index (χ2n) is 9.71. The SMILES string of the molecule is O=C1CCC(N2Cc3c(ccc(C4(O)CCN(Cc5ccccc5)CC4)c3OC(F)(F)F)C2=O)C(=O)N1. The van der Waals surface area contributed by atoms with E-state index in [2.05, 4.69) is 15.0 Å². The molecule has 8 nitrogen and oxygen atoms in total. The molecule has 0 aromatic heterocycles. The summed E-state index contributed by atoms with van der Waals surface area (Å²) < 4.78 is 45.0. The largest absolute Gasteiger partial charge is 0.573 e. The number of halogens is 3. The molecule has 2 N–H and O–H groups in total. The second kappa shape index (κ2) is 9.46. The Kier molecular flexibility index (Phi) is 6.45. The molecule has 3 amide bonds. The molecule has 2 saturated heterocycles. The second-order valence-corrected chi connectivity index (χ2v) is 9.71. The average Bonchev–Trinajstić information content (AvgIpc) is 3.17. The van der Waals surface area contributed by atoms with Gasteiger partial charge in [0.15, 0.2) is 0 Å². The van der Waals surface area contributed by atoms with Gasteiger partial charge in [0, 0.05) is 42.7 Å². The fourth-order valence-corrected chi connectivity index (χ4v) is 5.40. The van der Waals surface area contributed by atoms with Gasteiger partial charge in [0.05, 0.1) is 12.1 Å². The van der Waals surface area contributed by atoms with E-state index in [0.29, 0.717) is 19.6 Å². The Bertz CT molecular complexity index is 1230. The number of carbonyl (C=O) groups is 3. The van der Waals surface area contributed by atoms with Gasteiger partial charge in [0.2, 0.25) is 11.8 Å². The van der Waals surface area contributed by atoms with Crippen LogP contribution < -0.4 is 10.1 Å². The number of alkyl halides is 3. The summed E-state index contributed by atoms with van der Waals surface area (Å²) in [6, 6.07) is 11.5. The minimum atomic E-state index is -5.06. The zero-order valence-corrected chi connectivity index (χ0v) is 19.9. The van der Waals surface area contributed by atoms with E-state index in [1.165, 1.54) is 12.1 Å². The molecule has 196 valence electrons. The number of nitrogens with one attached hydrogen (secondary N) is 1. The van der Waals surface area contributed by atoms with Crippen LogP contribution in [0, 0.1) is 0 Å². The molecule has 37 heavy (non-hydrogen) atoms. The Balaban J connectivity index is 1.42. The molecule has 0 spiro atoms. The van der Waals surface area contributed by atoms with Gasteiger partial charge in [0.1, 0.15) is 11.8 Å². The van der Waals surface area contributed by atoms with Gasteiger partial charge in [-0.3, -0.25) is 24.6 Å². The van der Waals surface area contributed by atoms with Crippen molar-refractivity contribution in [2.45, 2.75) is 56.8 Å². The number of benzene rings is 2. The van der Waals surface area contributed by atoms with Gasteiger partial charge in [0.25, 0.3) is 5.91 Å². The number of hydrogen-bond donors (Lipinski definition) is 2. The fourth-order valence-electron chi connectivity index (χ4n) is 5.40. The van der Waals surface area contributed by atoms with E-state index in [4.69, 9.17) is 0 Å². The molecule has 0 bridgehead atoms. The normalized spacial score (nSPS) is 22.1. The number of nitrogens with zero attached hydrogens (tertiary/aromatic N) is 2. The van der Waals surface area contributed by atoms with Crippen molar-refractivity contribution in [1.29, 1.82) is 0 Å². The molecule has 3 heterocycles. The lowest BCUT2D eigenvalue weighted by Crippen LogP contribution is -2.52. The van der Waals surface area contributed by atoms with Gasteiger partial charge < -0.3 is 14.7 Å². The lowest BCUT2D eigenvalue weighted by atomic mass is 9.82. The number of hydrogen-bond acceptors (Lipinski definition) is 6. The van der Waals surface area contributed by atoms with Crippen molar-refractivity contribution in [2.24, 2.45) is 0 Å². The molecule has 2 aromatic carbocycles. The van der Waals surface area contributed by atoms with Crippen LogP contribution in [-0.2, 0) is 28.3 Å². The van der Waals surface area contributed by atoms with Crippen molar-refractivity contribution < 1.29 is 37.4 Å².